The highest BCUT2D eigenvalue weighted by atomic mass is 16.5. The van der Waals surface area contributed by atoms with Gasteiger partial charge in [0.25, 0.3) is 0 Å². The lowest BCUT2D eigenvalue weighted by atomic mass is 10.2. The summed E-state index contributed by atoms with van der Waals surface area (Å²) in [6, 6.07) is 7.94. The average molecular weight is 248 g/mol. The first-order valence-corrected chi connectivity index (χ1v) is 6.37. The molecule has 0 aromatic heterocycles. The quantitative estimate of drug-likeness (QED) is 0.854. The molecule has 0 aliphatic heterocycles. The Kier molecular flexibility index (Phi) is 4.33. The minimum Gasteiger partial charge on any atom is -0.368 e. The predicted molar refractivity (Wildman–Crippen MR) is 71.4 cm³/mol. The van der Waals surface area contributed by atoms with E-state index >= 15 is 0 Å². The van der Waals surface area contributed by atoms with Crippen molar-refractivity contribution in [1.82, 2.24) is 0 Å². The Bertz CT molecular complexity index is 403. The van der Waals surface area contributed by atoms with Gasteiger partial charge in [-0.25, -0.2) is 0 Å². The van der Waals surface area contributed by atoms with Gasteiger partial charge in [0, 0.05) is 11.7 Å². The van der Waals surface area contributed by atoms with Crippen LogP contribution in [-0.2, 0) is 9.53 Å². The van der Waals surface area contributed by atoms with E-state index in [-0.39, 0.29) is 24.7 Å². The molecule has 1 aliphatic carbocycles. The average Bonchev–Trinajstić information content (AvgIpc) is 2.76. The van der Waals surface area contributed by atoms with Crippen molar-refractivity contribution < 1.29 is 9.53 Å². The molecule has 1 amide bonds. The molecule has 2 rings (SSSR count). The highest BCUT2D eigenvalue weighted by Crippen LogP contribution is 2.20. The van der Waals surface area contributed by atoms with Crippen molar-refractivity contribution in [2.24, 2.45) is 5.73 Å². The monoisotopic (exact) mass is 248 g/mol. The van der Waals surface area contributed by atoms with E-state index in [1.165, 1.54) is 5.56 Å². The van der Waals surface area contributed by atoms with Gasteiger partial charge >= 0.3 is 0 Å². The van der Waals surface area contributed by atoms with Crippen molar-refractivity contribution in [3.63, 3.8) is 0 Å². The summed E-state index contributed by atoms with van der Waals surface area (Å²) in [5.41, 5.74) is 7.76. The summed E-state index contributed by atoms with van der Waals surface area (Å²) in [5, 5.41) is 2.81. The summed E-state index contributed by atoms with van der Waals surface area (Å²) in [6.07, 6.45) is 2.95. The molecule has 1 saturated carbocycles. The molecule has 2 unspecified atom stereocenters. The van der Waals surface area contributed by atoms with E-state index in [2.05, 4.69) is 5.32 Å². The number of ether oxygens (including phenoxy) is 1. The Morgan fingerprint density at radius 3 is 2.72 bits per heavy atom. The maximum absolute atomic E-state index is 11.7. The zero-order chi connectivity index (χ0) is 13.0. The van der Waals surface area contributed by atoms with Crippen LogP contribution in [0.3, 0.4) is 0 Å². The molecule has 1 aromatic rings. The summed E-state index contributed by atoms with van der Waals surface area (Å²) in [4.78, 5) is 11.7. The second-order valence-electron chi connectivity index (χ2n) is 4.92. The van der Waals surface area contributed by atoms with Gasteiger partial charge in [-0.3, -0.25) is 4.79 Å². The van der Waals surface area contributed by atoms with E-state index in [1.807, 2.05) is 31.2 Å². The smallest absolute Gasteiger partial charge is 0.250 e. The van der Waals surface area contributed by atoms with Gasteiger partial charge in [-0.15, -0.1) is 0 Å². The van der Waals surface area contributed by atoms with Crippen molar-refractivity contribution in [3.8, 4) is 0 Å². The Morgan fingerprint density at radius 1 is 1.39 bits per heavy atom. The Balaban J connectivity index is 1.73. The van der Waals surface area contributed by atoms with Crippen LogP contribution >= 0.6 is 0 Å². The number of hydrogen-bond donors (Lipinski definition) is 2. The van der Waals surface area contributed by atoms with Crippen LogP contribution < -0.4 is 11.1 Å². The number of benzene rings is 1. The van der Waals surface area contributed by atoms with Gasteiger partial charge in [0.2, 0.25) is 5.91 Å². The minimum absolute atomic E-state index is 0.102. The van der Waals surface area contributed by atoms with Crippen LogP contribution in [0.1, 0.15) is 24.8 Å². The van der Waals surface area contributed by atoms with Crippen molar-refractivity contribution in [1.29, 1.82) is 0 Å². The van der Waals surface area contributed by atoms with E-state index in [4.69, 9.17) is 10.5 Å². The van der Waals surface area contributed by atoms with Gasteiger partial charge in [0.15, 0.2) is 0 Å². The number of rotatable bonds is 4. The molecule has 1 aromatic carbocycles. The Hall–Kier alpha value is -1.39. The molecule has 0 bridgehead atoms. The molecule has 0 radical (unpaired) electrons. The number of hydrogen-bond acceptors (Lipinski definition) is 3. The van der Waals surface area contributed by atoms with Gasteiger partial charge in [-0.2, -0.15) is 0 Å². The molecular weight excluding hydrogens is 228 g/mol. The Morgan fingerprint density at radius 2 is 2.11 bits per heavy atom. The molecule has 98 valence electrons. The van der Waals surface area contributed by atoms with Crippen LogP contribution in [0.25, 0.3) is 0 Å². The number of aryl methyl sites for hydroxylation is 1. The van der Waals surface area contributed by atoms with Gasteiger partial charge in [0.1, 0.15) is 6.61 Å². The van der Waals surface area contributed by atoms with E-state index < -0.39 is 0 Å². The topological polar surface area (TPSA) is 64.3 Å². The third-order valence-electron chi connectivity index (χ3n) is 3.21. The minimum atomic E-state index is -0.112. The molecule has 0 heterocycles. The third-order valence-corrected chi connectivity index (χ3v) is 3.21. The second-order valence-corrected chi connectivity index (χ2v) is 4.92. The fourth-order valence-corrected chi connectivity index (χ4v) is 2.15. The lowest BCUT2D eigenvalue weighted by Crippen LogP contribution is -2.23. The van der Waals surface area contributed by atoms with E-state index in [9.17, 15) is 4.79 Å². The molecule has 4 nitrogen and oxygen atoms in total. The Labute approximate surface area is 108 Å². The van der Waals surface area contributed by atoms with Crippen LogP contribution in [0.5, 0.6) is 0 Å². The van der Waals surface area contributed by atoms with Crippen LogP contribution in [0, 0.1) is 6.92 Å². The molecule has 1 aliphatic rings. The molecule has 3 N–H and O–H groups in total. The molecule has 0 saturated heterocycles. The molecule has 2 atom stereocenters. The van der Waals surface area contributed by atoms with Crippen LogP contribution in [0.4, 0.5) is 5.69 Å². The van der Waals surface area contributed by atoms with E-state index in [0.29, 0.717) is 0 Å². The van der Waals surface area contributed by atoms with E-state index in [1.54, 1.807) is 0 Å². The van der Waals surface area contributed by atoms with Crippen molar-refractivity contribution in [2.45, 2.75) is 38.3 Å². The van der Waals surface area contributed by atoms with Gasteiger partial charge in [0.05, 0.1) is 6.10 Å². The van der Waals surface area contributed by atoms with Gasteiger partial charge < -0.3 is 15.8 Å². The van der Waals surface area contributed by atoms with Crippen LogP contribution in [-0.4, -0.2) is 24.7 Å². The largest absolute Gasteiger partial charge is 0.368 e. The molecular formula is C14H20N2O2. The zero-order valence-electron chi connectivity index (χ0n) is 10.7. The standard InChI is InChI=1S/C14H20N2O2/c1-10-2-5-12(6-3-10)16-14(17)9-18-13-7-4-11(15)8-13/h2-3,5-6,11,13H,4,7-9,15H2,1H3,(H,16,17). The SMILES string of the molecule is Cc1ccc(NC(=O)COC2CCC(N)C2)cc1. The summed E-state index contributed by atoms with van der Waals surface area (Å²) in [7, 11) is 0. The zero-order valence-corrected chi connectivity index (χ0v) is 10.7. The van der Waals surface area contributed by atoms with Gasteiger partial charge in [-0.1, -0.05) is 17.7 Å². The number of carbonyl (C=O) groups is 1. The molecule has 0 spiro atoms. The van der Waals surface area contributed by atoms with Crippen LogP contribution in [0.2, 0.25) is 0 Å². The van der Waals surface area contributed by atoms with Gasteiger partial charge in [-0.05, 0) is 38.3 Å². The fraction of sp³-hybridized carbons (Fsp3) is 0.500. The van der Waals surface area contributed by atoms with Crippen molar-refractivity contribution in [2.75, 3.05) is 11.9 Å². The number of carbonyl (C=O) groups excluding carboxylic acids is 1. The molecule has 1 fully saturated rings. The molecule has 18 heavy (non-hydrogen) atoms. The maximum atomic E-state index is 11.7. The van der Waals surface area contributed by atoms with E-state index in [0.717, 1.165) is 24.9 Å². The number of nitrogens with one attached hydrogen (secondary N) is 1. The number of amides is 1. The first kappa shape index (κ1) is 13.1. The first-order valence-electron chi connectivity index (χ1n) is 6.37. The highest BCUT2D eigenvalue weighted by Gasteiger charge is 2.22. The normalized spacial score (nSPS) is 23.0. The van der Waals surface area contributed by atoms with Crippen LogP contribution in [0.15, 0.2) is 24.3 Å². The highest BCUT2D eigenvalue weighted by molar-refractivity contribution is 5.91. The second kappa shape index (κ2) is 5.98. The number of anilines is 1. The fourth-order valence-electron chi connectivity index (χ4n) is 2.15. The summed E-state index contributed by atoms with van der Waals surface area (Å²) in [6.45, 7) is 2.11. The third kappa shape index (κ3) is 3.82. The maximum Gasteiger partial charge on any atom is 0.250 e. The number of nitrogens with two attached hydrogens (primary N) is 1. The summed E-state index contributed by atoms with van der Waals surface area (Å²) < 4.78 is 5.54. The predicted octanol–water partition coefficient (Wildman–Crippen LogP) is 1.83. The first-order chi connectivity index (χ1) is 8.63. The lowest BCUT2D eigenvalue weighted by Gasteiger charge is -2.11. The lowest BCUT2D eigenvalue weighted by molar-refractivity contribution is -0.122. The summed E-state index contributed by atoms with van der Waals surface area (Å²) >= 11 is 0. The van der Waals surface area contributed by atoms with Crippen molar-refractivity contribution in [3.05, 3.63) is 29.8 Å². The molecule has 4 heteroatoms. The summed E-state index contributed by atoms with van der Waals surface area (Å²) in [5.74, 6) is -0.112. The van der Waals surface area contributed by atoms with Crippen molar-refractivity contribution >= 4 is 11.6 Å².